The van der Waals surface area contributed by atoms with Crippen molar-refractivity contribution < 1.29 is 22.7 Å². The maximum absolute atomic E-state index is 12.2. The monoisotopic (exact) mass is 382 g/mol. The number of hydrogen-bond donors (Lipinski definition) is 1. The minimum atomic E-state index is -3.75. The molecule has 0 saturated carbocycles. The Balaban J connectivity index is 2.84. The zero-order valence-corrected chi connectivity index (χ0v) is 16.4. The first-order chi connectivity index (χ1) is 12.1. The van der Waals surface area contributed by atoms with Crippen LogP contribution >= 0.6 is 0 Å². The zero-order valence-electron chi connectivity index (χ0n) is 15.6. The lowest BCUT2D eigenvalue weighted by Crippen LogP contribution is -2.44. The van der Waals surface area contributed by atoms with Gasteiger partial charge in [0.05, 0.1) is 10.5 Å². The van der Waals surface area contributed by atoms with Crippen molar-refractivity contribution >= 4 is 21.9 Å². The van der Waals surface area contributed by atoms with Crippen LogP contribution in [-0.2, 0) is 19.6 Å². The minimum absolute atomic E-state index is 0.0226. The Bertz CT molecular complexity index is 749. The molecule has 1 aromatic rings. The van der Waals surface area contributed by atoms with E-state index in [1.165, 1.54) is 30.3 Å². The average Bonchev–Trinajstić information content (AvgIpc) is 2.57. The van der Waals surface area contributed by atoms with E-state index in [9.17, 15) is 18.0 Å². The van der Waals surface area contributed by atoms with Crippen molar-refractivity contribution in [2.24, 2.45) is 0 Å². The Labute approximate surface area is 155 Å². The topological polar surface area (TPSA) is 92.8 Å². The molecule has 0 fully saturated rings. The van der Waals surface area contributed by atoms with Gasteiger partial charge in [-0.3, -0.25) is 4.79 Å². The Kier molecular flexibility index (Phi) is 7.98. The van der Waals surface area contributed by atoms with Crippen molar-refractivity contribution in [3.05, 3.63) is 42.5 Å². The average molecular weight is 382 g/mol. The largest absolute Gasteiger partial charge is 0.452 e. The number of amides is 1. The van der Waals surface area contributed by atoms with Crippen molar-refractivity contribution in [2.45, 2.75) is 44.7 Å². The number of esters is 1. The second-order valence-electron chi connectivity index (χ2n) is 6.23. The highest BCUT2D eigenvalue weighted by Gasteiger charge is 2.22. The van der Waals surface area contributed by atoms with Gasteiger partial charge in [0.1, 0.15) is 0 Å². The molecule has 0 aliphatic rings. The third-order valence-electron chi connectivity index (χ3n) is 3.53. The quantitative estimate of drug-likeness (QED) is 0.520. The molecule has 0 saturated heterocycles. The molecule has 1 amide bonds. The zero-order chi connectivity index (χ0) is 19.9. The summed E-state index contributed by atoms with van der Waals surface area (Å²) in [6, 6.07) is 5.40. The fraction of sp³-hybridized carbons (Fsp3) is 0.444. The van der Waals surface area contributed by atoms with Gasteiger partial charge >= 0.3 is 5.97 Å². The minimum Gasteiger partial charge on any atom is -0.452 e. The van der Waals surface area contributed by atoms with Gasteiger partial charge in [-0.15, -0.1) is 6.58 Å². The summed E-state index contributed by atoms with van der Waals surface area (Å²) in [5, 5.41) is 0. The van der Waals surface area contributed by atoms with Crippen molar-refractivity contribution in [2.75, 3.05) is 13.2 Å². The molecule has 0 aliphatic carbocycles. The number of hydrogen-bond acceptors (Lipinski definition) is 5. The lowest BCUT2D eigenvalue weighted by atomic mass is 10.2. The summed E-state index contributed by atoms with van der Waals surface area (Å²) in [6.45, 7) is 10.6. The molecule has 0 heterocycles. The van der Waals surface area contributed by atoms with Gasteiger partial charge in [-0.25, -0.2) is 17.9 Å². The Morgan fingerprint density at radius 3 is 2.38 bits per heavy atom. The van der Waals surface area contributed by atoms with Crippen LogP contribution in [0.3, 0.4) is 0 Å². The molecule has 0 aromatic heterocycles. The molecule has 26 heavy (non-hydrogen) atoms. The SMILES string of the molecule is C=CCNS(=O)(=O)c1cccc(C(=O)OCC(=O)N(C(C)C)C(C)C)c1. The molecule has 0 unspecified atom stereocenters. The first kappa shape index (κ1) is 21.9. The van der Waals surface area contributed by atoms with E-state index in [1.807, 2.05) is 27.7 Å². The van der Waals surface area contributed by atoms with Crippen LogP contribution in [-0.4, -0.2) is 50.4 Å². The second-order valence-corrected chi connectivity index (χ2v) is 8.00. The summed E-state index contributed by atoms with van der Waals surface area (Å²) in [5.74, 6) is -1.06. The standard InChI is InChI=1S/C18H26N2O5S/c1-6-10-19-26(23,24)16-9-7-8-15(11-16)18(22)25-12-17(21)20(13(2)3)14(4)5/h6-9,11,13-14,19H,1,10,12H2,2-5H3. The summed E-state index contributed by atoms with van der Waals surface area (Å²) in [7, 11) is -3.75. The van der Waals surface area contributed by atoms with Crippen LogP contribution in [0.5, 0.6) is 0 Å². The summed E-state index contributed by atoms with van der Waals surface area (Å²) < 4.78 is 31.6. The maximum Gasteiger partial charge on any atom is 0.338 e. The number of sulfonamides is 1. The van der Waals surface area contributed by atoms with E-state index in [2.05, 4.69) is 11.3 Å². The number of carbonyl (C=O) groups is 2. The van der Waals surface area contributed by atoms with E-state index in [0.717, 1.165) is 0 Å². The smallest absolute Gasteiger partial charge is 0.338 e. The van der Waals surface area contributed by atoms with Gasteiger partial charge in [-0.05, 0) is 45.9 Å². The van der Waals surface area contributed by atoms with E-state index in [4.69, 9.17) is 4.74 Å². The van der Waals surface area contributed by atoms with E-state index >= 15 is 0 Å². The predicted octanol–water partition coefficient (Wildman–Crippen LogP) is 1.95. The molecule has 0 bridgehead atoms. The van der Waals surface area contributed by atoms with Crippen LogP contribution in [0.4, 0.5) is 0 Å². The third-order valence-corrected chi connectivity index (χ3v) is 4.95. The number of carbonyl (C=O) groups excluding carboxylic acids is 2. The molecular weight excluding hydrogens is 356 g/mol. The lowest BCUT2D eigenvalue weighted by Gasteiger charge is -2.30. The highest BCUT2D eigenvalue weighted by molar-refractivity contribution is 7.89. The van der Waals surface area contributed by atoms with Crippen LogP contribution in [0.2, 0.25) is 0 Å². The van der Waals surface area contributed by atoms with Gasteiger partial charge in [-0.2, -0.15) is 0 Å². The van der Waals surface area contributed by atoms with Crippen LogP contribution in [0.15, 0.2) is 41.8 Å². The number of nitrogens with zero attached hydrogens (tertiary/aromatic N) is 1. The number of ether oxygens (including phenoxy) is 1. The molecule has 8 heteroatoms. The van der Waals surface area contributed by atoms with Gasteiger partial charge < -0.3 is 9.64 Å². The first-order valence-corrected chi connectivity index (χ1v) is 9.77. The highest BCUT2D eigenvalue weighted by atomic mass is 32.2. The first-order valence-electron chi connectivity index (χ1n) is 8.29. The summed E-state index contributed by atoms with van der Waals surface area (Å²) in [4.78, 5) is 26.0. The van der Waals surface area contributed by atoms with Crippen molar-refractivity contribution in [3.63, 3.8) is 0 Å². The molecule has 7 nitrogen and oxygen atoms in total. The van der Waals surface area contributed by atoms with Crippen LogP contribution in [0, 0.1) is 0 Å². The van der Waals surface area contributed by atoms with Gasteiger partial charge in [0.25, 0.3) is 5.91 Å². The second kappa shape index (κ2) is 9.49. The van der Waals surface area contributed by atoms with Crippen LogP contribution < -0.4 is 4.72 Å². The van der Waals surface area contributed by atoms with Crippen molar-refractivity contribution in [1.29, 1.82) is 0 Å². The van der Waals surface area contributed by atoms with E-state index in [1.54, 1.807) is 4.90 Å². The third kappa shape index (κ3) is 5.96. The van der Waals surface area contributed by atoms with E-state index in [-0.39, 0.29) is 35.0 Å². The molecular formula is C18H26N2O5S. The highest BCUT2D eigenvalue weighted by Crippen LogP contribution is 2.13. The fourth-order valence-corrected chi connectivity index (χ4v) is 3.54. The Morgan fingerprint density at radius 1 is 1.23 bits per heavy atom. The van der Waals surface area contributed by atoms with Gasteiger partial charge in [0.2, 0.25) is 10.0 Å². The van der Waals surface area contributed by atoms with Gasteiger partial charge in [0.15, 0.2) is 6.61 Å². The normalized spacial score (nSPS) is 11.5. The lowest BCUT2D eigenvalue weighted by molar-refractivity contribution is -0.138. The van der Waals surface area contributed by atoms with Gasteiger partial charge in [-0.1, -0.05) is 12.1 Å². The van der Waals surface area contributed by atoms with E-state index in [0.29, 0.717) is 0 Å². The summed E-state index contributed by atoms with van der Waals surface area (Å²) in [5.41, 5.74) is 0.0555. The number of benzene rings is 1. The molecule has 0 aliphatic heterocycles. The maximum atomic E-state index is 12.2. The molecule has 1 aromatic carbocycles. The molecule has 0 spiro atoms. The molecule has 144 valence electrons. The summed E-state index contributed by atoms with van der Waals surface area (Å²) >= 11 is 0. The molecule has 0 atom stereocenters. The number of rotatable bonds is 9. The van der Waals surface area contributed by atoms with Crippen molar-refractivity contribution in [1.82, 2.24) is 9.62 Å². The Hall–Kier alpha value is -2.19. The van der Waals surface area contributed by atoms with Gasteiger partial charge in [0, 0.05) is 18.6 Å². The van der Waals surface area contributed by atoms with Crippen LogP contribution in [0.1, 0.15) is 38.1 Å². The Morgan fingerprint density at radius 2 is 1.85 bits per heavy atom. The number of nitrogens with one attached hydrogen (secondary N) is 1. The predicted molar refractivity (Wildman–Crippen MR) is 99.2 cm³/mol. The molecule has 1 N–H and O–H groups in total. The van der Waals surface area contributed by atoms with Crippen LogP contribution in [0.25, 0.3) is 0 Å². The van der Waals surface area contributed by atoms with E-state index < -0.39 is 22.6 Å². The molecule has 0 radical (unpaired) electrons. The fourth-order valence-electron chi connectivity index (χ4n) is 2.50. The summed E-state index contributed by atoms with van der Waals surface area (Å²) in [6.07, 6.45) is 1.41. The molecule has 1 rings (SSSR count). The van der Waals surface area contributed by atoms with Crippen molar-refractivity contribution in [3.8, 4) is 0 Å².